The SMILES string of the molecule is Cc1nnnn1C(Cc1ccc(F)cc1)C(=O)NCC(O)CC(C)C. The van der Waals surface area contributed by atoms with Crippen LogP contribution in [0.25, 0.3) is 0 Å². The predicted molar refractivity (Wildman–Crippen MR) is 90.2 cm³/mol. The Labute approximate surface area is 146 Å². The lowest BCUT2D eigenvalue weighted by molar-refractivity contribution is -0.125. The minimum Gasteiger partial charge on any atom is -0.391 e. The van der Waals surface area contributed by atoms with Crippen molar-refractivity contribution in [1.29, 1.82) is 0 Å². The number of aliphatic hydroxyl groups excluding tert-OH is 1. The van der Waals surface area contributed by atoms with Gasteiger partial charge in [0.2, 0.25) is 5.91 Å². The lowest BCUT2D eigenvalue weighted by Crippen LogP contribution is -2.39. The summed E-state index contributed by atoms with van der Waals surface area (Å²) < 4.78 is 14.5. The molecule has 2 atom stereocenters. The number of benzene rings is 1. The average molecular weight is 349 g/mol. The van der Waals surface area contributed by atoms with Gasteiger partial charge in [0, 0.05) is 13.0 Å². The summed E-state index contributed by atoms with van der Waals surface area (Å²) in [4.78, 5) is 12.6. The minimum absolute atomic E-state index is 0.165. The van der Waals surface area contributed by atoms with Gasteiger partial charge in [-0.2, -0.15) is 0 Å². The van der Waals surface area contributed by atoms with E-state index in [1.54, 1.807) is 19.1 Å². The molecule has 0 saturated heterocycles. The van der Waals surface area contributed by atoms with Gasteiger partial charge in [-0.1, -0.05) is 26.0 Å². The molecular weight excluding hydrogens is 325 g/mol. The molecule has 1 aromatic heterocycles. The van der Waals surface area contributed by atoms with E-state index in [2.05, 4.69) is 20.8 Å². The van der Waals surface area contributed by atoms with Crippen LogP contribution in [0, 0.1) is 18.7 Å². The molecule has 7 nitrogen and oxygen atoms in total. The van der Waals surface area contributed by atoms with Gasteiger partial charge < -0.3 is 10.4 Å². The summed E-state index contributed by atoms with van der Waals surface area (Å²) in [5.74, 6) is 0.219. The molecule has 0 aliphatic heterocycles. The summed E-state index contributed by atoms with van der Waals surface area (Å²) in [6.45, 7) is 5.89. The van der Waals surface area contributed by atoms with Gasteiger partial charge in [-0.15, -0.1) is 5.10 Å². The number of carbonyl (C=O) groups excluding carboxylic acids is 1. The highest BCUT2D eigenvalue weighted by Gasteiger charge is 2.24. The van der Waals surface area contributed by atoms with Crippen LogP contribution in [0.1, 0.15) is 37.7 Å². The second-order valence-corrected chi connectivity index (χ2v) is 6.55. The van der Waals surface area contributed by atoms with Crippen molar-refractivity contribution in [3.05, 3.63) is 41.5 Å². The predicted octanol–water partition coefficient (Wildman–Crippen LogP) is 1.43. The first-order valence-corrected chi connectivity index (χ1v) is 8.31. The van der Waals surface area contributed by atoms with Crippen LogP contribution in [0.3, 0.4) is 0 Å². The number of halogens is 1. The zero-order chi connectivity index (χ0) is 18.4. The number of amides is 1. The van der Waals surface area contributed by atoms with Crippen molar-refractivity contribution in [2.45, 2.75) is 45.8 Å². The molecule has 2 unspecified atom stereocenters. The van der Waals surface area contributed by atoms with Crippen LogP contribution in [0.2, 0.25) is 0 Å². The quantitative estimate of drug-likeness (QED) is 0.752. The van der Waals surface area contributed by atoms with Crippen LogP contribution in [-0.2, 0) is 11.2 Å². The van der Waals surface area contributed by atoms with E-state index in [-0.39, 0.29) is 18.3 Å². The smallest absolute Gasteiger partial charge is 0.245 e. The van der Waals surface area contributed by atoms with E-state index in [9.17, 15) is 14.3 Å². The van der Waals surface area contributed by atoms with E-state index < -0.39 is 12.1 Å². The number of carbonyl (C=O) groups is 1. The number of hydrogen-bond donors (Lipinski definition) is 2. The summed E-state index contributed by atoms with van der Waals surface area (Å²) in [6.07, 6.45) is 0.316. The fourth-order valence-electron chi connectivity index (χ4n) is 2.62. The molecule has 8 heteroatoms. The van der Waals surface area contributed by atoms with Crippen molar-refractivity contribution in [3.63, 3.8) is 0 Å². The van der Waals surface area contributed by atoms with E-state index in [1.807, 2.05) is 13.8 Å². The van der Waals surface area contributed by atoms with E-state index in [1.165, 1.54) is 16.8 Å². The largest absolute Gasteiger partial charge is 0.391 e. The van der Waals surface area contributed by atoms with Gasteiger partial charge in [0.25, 0.3) is 0 Å². The standard InChI is InChI=1S/C17H24FN5O2/c1-11(2)8-15(24)10-19-17(25)16(23-12(3)20-21-22-23)9-13-4-6-14(18)7-5-13/h4-7,11,15-16,24H,8-10H2,1-3H3,(H,19,25). The normalized spacial score (nSPS) is 13.7. The van der Waals surface area contributed by atoms with Crippen LogP contribution < -0.4 is 5.32 Å². The molecule has 0 fully saturated rings. The molecule has 1 heterocycles. The van der Waals surface area contributed by atoms with Crippen molar-refractivity contribution in [3.8, 4) is 0 Å². The van der Waals surface area contributed by atoms with Crippen LogP contribution in [0.4, 0.5) is 4.39 Å². The third-order valence-corrected chi connectivity index (χ3v) is 3.85. The highest BCUT2D eigenvalue weighted by Crippen LogP contribution is 2.16. The summed E-state index contributed by atoms with van der Waals surface area (Å²) in [5.41, 5.74) is 0.791. The fourth-order valence-corrected chi connectivity index (χ4v) is 2.62. The van der Waals surface area contributed by atoms with Gasteiger partial charge in [0.15, 0.2) is 0 Å². The molecule has 2 rings (SSSR count). The van der Waals surface area contributed by atoms with Crippen molar-refractivity contribution in [2.75, 3.05) is 6.54 Å². The average Bonchev–Trinajstić information content (AvgIpc) is 2.97. The molecule has 2 aromatic rings. The van der Waals surface area contributed by atoms with E-state index in [0.29, 0.717) is 24.6 Å². The van der Waals surface area contributed by atoms with Crippen molar-refractivity contribution in [1.82, 2.24) is 25.5 Å². The maximum absolute atomic E-state index is 13.1. The maximum Gasteiger partial charge on any atom is 0.245 e. The highest BCUT2D eigenvalue weighted by atomic mass is 19.1. The number of tetrazole rings is 1. The van der Waals surface area contributed by atoms with Crippen molar-refractivity contribution < 1.29 is 14.3 Å². The van der Waals surface area contributed by atoms with E-state index in [4.69, 9.17) is 0 Å². The topological polar surface area (TPSA) is 92.9 Å². The zero-order valence-electron chi connectivity index (χ0n) is 14.7. The molecule has 1 aromatic carbocycles. The molecule has 2 N–H and O–H groups in total. The Kier molecular flexibility index (Phi) is 6.58. The molecule has 0 aliphatic carbocycles. The Bertz CT molecular complexity index is 687. The lowest BCUT2D eigenvalue weighted by atomic mass is 10.0. The number of aryl methyl sites for hydroxylation is 1. The van der Waals surface area contributed by atoms with E-state index in [0.717, 1.165) is 5.56 Å². The Balaban J connectivity index is 2.10. The fraction of sp³-hybridized carbons (Fsp3) is 0.529. The second-order valence-electron chi connectivity index (χ2n) is 6.55. The summed E-state index contributed by atoms with van der Waals surface area (Å²) in [7, 11) is 0. The van der Waals surface area contributed by atoms with Crippen molar-refractivity contribution in [2.24, 2.45) is 5.92 Å². The monoisotopic (exact) mass is 349 g/mol. The van der Waals surface area contributed by atoms with E-state index >= 15 is 0 Å². The number of nitrogens with one attached hydrogen (secondary N) is 1. The first kappa shape index (κ1) is 19.0. The molecule has 0 spiro atoms. The molecule has 1 amide bonds. The molecule has 0 bridgehead atoms. The Morgan fingerprint density at radius 1 is 1.32 bits per heavy atom. The minimum atomic E-state index is -0.674. The number of aromatic nitrogens is 4. The van der Waals surface area contributed by atoms with Crippen LogP contribution in [0.15, 0.2) is 24.3 Å². The molecule has 136 valence electrons. The third-order valence-electron chi connectivity index (χ3n) is 3.85. The van der Waals surface area contributed by atoms with Crippen LogP contribution in [0.5, 0.6) is 0 Å². The first-order valence-electron chi connectivity index (χ1n) is 8.31. The third kappa shape index (κ3) is 5.60. The highest BCUT2D eigenvalue weighted by molar-refractivity contribution is 5.80. The summed E-state index contributed by atoms with van der Waals surface area (Å²) in [5, 5.41) is 24.0. The molecule has 0 radical (unpaired) electrons. The van der Waals surface area contributed by atoms with Gasteiger partial charge >= 0.3 is 0 Å². The maximum atomic E-state index is 13.1. The summed E-state index contributed by atoms with van der Waals surface area (Å²) >= 11 is 0. The summed E-state index contributed by atoms with van der Waals surface area (Å²) in [6, 6.07) is 5.28. The van der Waals surface area contributed by atoms with Gasteiger partial charge in [0.1, 0.15) is 17.7 Å². The lowest BCUT2D eigenvalue weighted by Gasteiger charge is -2.19. The number of aliphatic hydroxyl groups is 1. The Morgan fingerprint density at radius 2 is 2.00 bits per heavy atom. The number of hydrogen-bond acceptors (Lipinski definition) is 5. The van der Waals surface area contributed by atoms with Crippen molar-refractivity contribution >= 4 is 5.91 Å². The molecule has 0 aliphatic rings. The second kappa shape index (κ2) is 8.66. The van der Waals surface area contributed by atoms with Crippen LogP contribution >= 0.6 is 0 Å². The number of nitrogens with zero attached hydrogens (tertiary/aromatic N) is 4. The van der Waals surface area contributed by atoms with Gasteiger partial charge in [-0.05, 0) is 47.4 Å². The Hall–Kier alpha value is -2.35. The first-order chi connectivity index (χ1) is 11.9. The van der Waals surface area contributed by atoms with Crippen LogP contribution in [-0.4, -0.2) is 43.9 Å². The molecular formula is C17H24FN5O2. The number of rotatable bonds is 8. The molecule has 25 heavy (non-hydrogen) atoms. The molecule has 0 saturated carbocycles. The zero-order valence-corrected chi connectivity index (χ0v) is 14.7. The van der Waals surface area contributed by atoms with Gasteiger partial charge in [-0.25, -0.2) is 9.07 Å². The van der Waals surface area contributed by atoms with Gasteiger partial charge in [0.05, 0.1) is 6.10 Å². The Morgan fingerprint density at radius 3 is 2.56 bits per heavy atom. The van der Waals surface area contributed by atoms with Gasteiger partial charge in [-0.3, -0.25) is 4.79 Å².